The first-order valence-corrected chi connectivity index (χ1v) is 10.2. The fraction of sp³-hybridized carbons (Fsp3) is 0.565. The van der Waals surface area contributed by atoms with E-state index in [-0.39, 0.29) is 5.97 Å². The van der Waals surface area contributed by atoms with Gasteiger partial charge in [0.1, 0.15) is 6.61 Å². The first kappa shape index (κ1) is 22.1. The van der Waals surface area contributed by atoms with Crippen LogP contribution in [0.4, 0.5) is 0 Å². The Morgan fingerprint density at radius 2 is 1.65 bits per heavy atom. The summed E-state index contributed by atoms with van der Waals surface area (Å²) in [6, 6.07) is 3.75. The Hall–Kier alpha value is -1.90. The van der Waals surface area contributed by atoms with E-state index in [0.29, 0.717) is 13.0 Å². The zero-order chi connectivity index (χ0) is 18.7. The molecule has 0 aliphatic heterocycles. The number of unbranched alkanes of at least 4 members (excludes halogenated alkanes) is 7. The third-order valence-electron chi connectivity index (χ3n) is 4.18. The molecule has 0 aliphatic carbocycles. The normalized spacial score (nSPS) is 11.4. The van der Waals surface area contributed by atoms with E-state index >= 15 is 0 Å². The van der Waals surface area contributed by atoms with Crippen LogP contribution in [0.3, 0.4) is 0 Å². The molecule has 0 N–H and O–H groups in total. The minimum atomic E-state index is -0.135. The highest BCUT2D eigenvalue weighted by molar-refractivity contribution is 5.69. The van der Waals surface area contributed by atoms with Crippen molar-refractivity contribution in [1.29, 1.82) is 0 Å². The molecule has 0 fully saturated rings. The van der Waals surface area contributed by atoms with Gasteiger partial charge in [-0.05, 0) is 44.6 Å². The van der Waals surface area contributed by atoms with Gasteiger partial charge in [0.05, 0.1) is 0 Å². The van der Waals surface area contributed by atoms with Crippen LogP contribution in [0, 0.1) is 0 Å². The number of nitrogens with zero attached hydrogens (tertiary/aromatic N) is 1. The average molecular weight is 358 g/mol. The summed E-state index contributed by atoms with van der Waals surface area (Å²) in [5, 5.41) is 0. The topological polar surface area (TPSA) is 39.2 Å². The molecule has 0 spiro atoms. The van der Waals surface area contributed by atoms with Crippen molar-refractivity contribution in [3.63, 3.8) is 0 Å². The van der Waals surface area contributed by atoms with Gasteiger partial charge in [0.2, 0.25) is 0 Å². The smallest absolute Gasteiger partial charge is 0.306 e. The molecule has 0 radical (unpaired) electrons. The van der Waals surface area contributed by atoms with Crippen LogP contribution in [-0.2, 0) is 16.1 Å². The van der Waals surface area contributed by atoms with E-state index in [1.807, 2.05) is 12.1 Å². The molecule has 26 heavy (non-hydrogen) atoms. The number of carbonyl (C=O) groups excluding carboxylic acids is 1. The number of hydrogen-bond acceptors (Lipinski definition) is 3. The molecule has 0 aromatic carbocycles. The molecule has 1 heterocycles. The van der Waals surface area contributed by atoms with Crippen molar-refractivity contribution in [3.05, 3.63) is 54.4 Å². The molecule has 0 atom stereocenters. The number of hydrogen-bond donors (Lipinski definition) is 0. The number of esters is 1. The maximum Gasteiger partial charge on any atom is 0.306 e. The summed E-state index contributed by atoms with van der Waals surface area (Å²) in [6.07, 6.45) is 24.8. The molecular formula is C23H35NO2. The SMILES string of the molecule is CCCCCCC/C=C\CC/C=C\CCCC(=O)OCc1cccnc1. The Balaban J connectivity index is 1.90. The lowest BCUT2D eigenvalue weighted by Gasteiger charge is -2.03. The zero-order valence-electron chi connectivity index (χ0n) is 16.4. The molecule has 0 aliphatic rings. The van der Waals surface area contributed by atoms with Crippen LogP contribution in [0.25, 0.3) is 0 Å². The monoisotopic (exact) mass is 357 g/mol. The Labute approximate surface area is 159 Å². The lowest BCUT2D eigenvalue weighted by atomic mass is 10.1. The lowest BCUT2D eigenvalue weighted by molar-refractivity contribution is -0.145. The lowest BCUT2D eigenvalue weighted by Crippen LogP contribution is -2.04. The molecule has 1 aromatic rings. The van der Waals surface area contributed by atoms with Gasteiger partial charge < -0.3 is 4.74 Å². The van der Waals surface area contributed by atoms with E-state index in [1.54, 1.807) is 12.4 Å². The van der Waals surface area contributed by atoms with Gasteiger partial charge in [-0.15, -0.1) is 0 Å². The average Bonchev–Trinajstić information content (AvgIpc) is 2.67. The fourth-order valence-electron chi connectivity index (χ4n) is 2.61. The van der Waals surface area contributed by atoms with Gasteiger partial charge in [-0.3, -0.25) is 9.78 Å². The fourth-order valence-corrected chi connectivity index (χ4v) is 2.61. The molecule has 1 aromatic heterocycles. The zero-order valence-corrected chi connectivity index (χ0v) is 16.4. The van der Waals surface area contributed by atoms with E-state index in [2.05, 4.69) is 36.2 Å². The van der Waals surface area contributed by atoms with Crippen molar-refractivity contribution in [2.45, 2.75) is 84.2 Å². The van der Waals surface area contributed by atoms with Gasteiger partial charge in [0.15, 0.2) is 0 Å². The van der Waals surface area contributed by atoms with Gasteiger partial charge in [0, 0.05) is 24.4 Å². The van der Waals surface area contributed by atoms with Gasteiger partial charge in [-0.1, -0.05) is 63.0 Å². The first-order chi connectivity index (χ1) is 12.8. The highest BCUT2D eigenvalue weighted by Crippen LogP contribution is 2.07. The van der Waals surface area contributed by atoms with Crippen molar-refractivity contribution < 1.29 is 9.53 Å². The molecule has 3 heteroatoms. The molecule has 0 bridgehead atoms. The number of allylic oxidation sites excluding steroid dienone is 4. The molecular weight excluding hydrogens is 322 g/mol. The molecule has 0 amide bonds. The summed E-state index contributed by atoms with van der Waals surface area (Å²) in [4.78, 5) is 15.7. The van der Waals surface area contributed by atoms with Crippen molar-refractivity contribution in [2.75, 3.05) is 0 Å². The largest absolute Gasteiger partial charge is 0.461 e. The highest BCUT2D eigenvalue weighted by atomic mass is 16.5. The number of rotatable bonds is 15. The van der Waals surface area contributed by atoms with E-state index in [0.717, 1.165) is 31.2 Å². The molecule has 3 nitrogen and oxygen atoms in total. The van der Waals surface area contributed by atoms with Gasteiger partial charge in [-0.2, -0.15) is 0 Å². The number of carbonyl (C=O) groups is 1. The molecule has 0 saturated heterocycles. The number of pyridine rings is 1. The van der Waals surface area contributed by atoms with E-state index in [4.69, 9.17) is 4.74 Å². The highest BCUT2D eigenvalue weighted by Gasteiger charge is 2.02. The van der Waals surface area contributed by atoms with Crippen molar-refractivity contribution >= 4 is 5.97 Å². The Morgan fingerprint density at radius 1 is 0.962 bits per heavy atom. The minimum Gasteiger partial charge on any atom is -0.461 e. The molecule has 1 rings (SSSR count). The number of aromatic nitrogens is 1. The van der Waals surface area contributed by atoms with Crippen molar-refractivity contribution in [1.82, 2.24) is 4.98 Å². The van der Waals surface area contributed by atoms with Gasteiger partial charge >= 0.3 is 5.97 Å². The quantitative estimate of drug-likeness (QED) is 0.203. The van der Waals surface area contributed by atoms with E-state index in [9.17, 15) is 4.79 Å². The van der Waals surface area contributed by atoms with Crippen LogP contribution in [0.15, 0.2) is 48.8 Å². The second-order valence-electron chi connectivity index (χ2n) is 6.64. The van der Waals surface area contributed by atoms with Crippen LogP contribution in [0.2, 0.25) is 0 Å². The van der Waals surface area contributed by atoms with E-state index in [1.165, 1.54) is 38.5 Å². The second kappa shape index (κ2) is 16.6. The maximum atomic E-state index is 11.7. The summed E-state index contributed by atoms with van der Waals surface area (Å²) >= 11 is 0. The number of ether oxygens (including phenoxy) is 1. The summed E-state index contributed by atoms with van der Waals surface area (Å²) in [7, 11) is 0. The summed E-state index contributed by atoms with van der Waals surface area (Å²) in [5.74, 6) is -0.135. The van der Waals surface area contributed by atoms with Gasteiger partial charge in [0.25, 0.3) is 0 Å². The van der Waals surface area contributed by atoms with Crippen molar-refractivity contribution in [2.24, 2.45) is 0 Å². The second-order valence-corrected chi connectivity index (χ2v) is 6.64. The molecule has 0 unspecified atom stereocenters. The third-order valence-corrected chi connectivity index (χ3v) is 4.18. The Bertz CT molecular complexity index is 508. The maximum absolute atomic E-state index is 11.7. The molecule has 0 saturated carbocycles. The minimum absolute atomic E-state index is 0.135. The van der Waals surface area contributed by atoms with Gasteiger partial charge in [-0.25, -0.2) is 0 Å². The van der Waals surface area contributed by atoms with E-state index < -0.39 is 0 Å². The first-order valence-electron chi connectivity index (χ1n) is 10.2. The Morgan fingerprint density at radius 3 is 2.35 bits per heavy atom. The van der Waals surface area contributed by atoms with Crippen LogP contribution in [0.1, 0.15) is 83.1 Å². The summed E-state index contributed by atoms with van der Waals surface area (Å²) in [6.45, 7) is 2.57. The van der Waals surface area contributed by atoms with Crippen LogP contribution < -0.4 is 0 Å². The summed E-state index contributed by atoms with van der Waals surface area (Å²) in [5.41, 5.74) is 0.926. The standard InChI is InChI=1S/C23H35NO2/c1-2-3-4-5-6-7-8-9-10-11-12-13-14-15-18-23(25)26-21-22-17-16-19-24-20-22/h8-9,12-13,16-17,19-20H,2-7,10-11,14-15,18,21H2,1H3/b9-8-,13-12-. The Kier molecular flexibility index (Phi) is 14.1. The summed E-state index contributed by atoms with van der Waals surface area (Å²) < 4.78 is 5.23. The third kappa shape index (κ3) is 13.4. The molecule has 144 valence electrons. The van der Waals surface area contributed by atoms with Crippen molar-refractivity contribution in [3.8, 4) is 0 Å². The predicted octanol–water partition coefficient (Wildman–Crippen LogP) is 6.55. The van der Waals surface area contributed by atoms with Crippen LogP contribution in [0.5, 0.6) is 0 Å². The van der Waals surface area contributed by atoms with Crippen LogP contribution in [-0.4, -0.2) is 11.0 Å². The van der Waals surface area contributed by atoms with Crippen LogP contribution >= 0.6 is 0 Å². The predicted molar refractivity (Wildman–Crippen MR) is 109 cm³/mol.